The lowest BCUT2D eigenvalue weighted by Crippen LogP contribution is -2.36. The summed E-state index contributed by atoms with van der Waals surface area (Å²) in [4.78, 5) is 2.35. The number of H-pyrrole nitrogens is 1. The van der Waals surface area contributed by atoms with Crippen molar-refractivity contribution in [3.63, 3.8) is 0 Å². The van der Waals surface area contributed by atoms with Gasteiger partial charge in [0, 0.05) is 24.2 Å². The first-order chi connectivity index (χ1) is 7.45. The van der Waals surface area contributed by atoms with E-state index in [0.717, 1.165) is 31.8 Å². The molecule has 0 saturated carbocycles. The molecule has 1 saturated heterocycles. The Kier molecular flexibility index (Phi) is 2.07. The van der Waals surface area contributed by atoms with E-state index in [0.29, 0.717) is 0 Å². The summed E-state index contributed by atoms with van der Waals surface area (Å²) in [5, 5.41) is 8.26. The van der Waals surface area contributed by atoms with Gasteiger partial charge < -0.3 is 9.64 Å². The summed E-state index contributed by atoms with van der Waals surface area (Å²) < 4.78 is 5.35. The van der Waals surface area contributed by atoms with Crippen LogP contribution in [0.2, 0.25) is 0 Å². The number of benzene rings is 1. The minimum Gasteiger partial charge on any atom is -0.378 e. The van der Waals surface area contributed by atoms with Crippen LogP contribution in [-0.2, 0) is 4.74 Å². The molecule has 0 bridgehead atoms. The van der Waals surface area contributed by atoms with E-state index in [-0.39, 0.29) is 0 Å². The number of nitrogens with one attached hydrogen (secondary N) is 1. The van der Waals surface area contributed by atoms with Crippen molar-refractivity contribution in [2.75, 3.05) is 31.2 Å². The molecule has 2 heterocycles. The average molecular weight is 203 g/mol. The third-order valence-corrected chi connectivity index (χ3v) is 2.81. The van der Waals surface area contributed by atoms with Gasteiger partial charge in [0.2, 0.25) is 0 Å². The van der Waals surface area contributed by atoms with Gasteiger partial charge in [-0.1, -0.05) is 6.07 Å². The molecule has 0 radical (unpaired) electrons. The van der Waals surface area contributed by atoms with Crippen LogP contribution in [0.4, 0.5) is 5.69 Å². The zero-order valence-electron chi connectivity index (χ0n) is 8.44. The second kappa shape index (κ2) is 3.55. The summed E-state index contributed by atoms with van der Waals surface area (Å²) in [5.74, 6) is 0. The predicted molar refractivity (Wildman–Crippen MR) is 59.1 cm³/mol. The zero-order valence-corrected chi connectivity index (χ0v) is 8.44. The van der Waals surface area contributed by atoms with Crippen LogP contribution in [0.15, 0.2) is 24.4 Å². The topological polar surface area (TPSA) is 41.1 Å². The van der Waals surface area contributed by atoms with E-state index < -0.39 is 0 Å². The number of nitrogens with zero attached hydrogens (tertiary/aromatic N) is 2. The third kappa shape index (κ3) is 1.47. The smallest absolute Gasteiger partial charge is 0.0671 e. The lowest BCUT2D eigenvalue weighted by molar-refractivity contribution is 0.123. The van der Waals surface area contributed by atoms with E-state index in [1.807, 2.05) is 12.3 Å². The summed E-state index contributed by atoms with van der Waals surface area (Å²) in [7, 11) is 0. The van der Waals surface area contributed by atoms with Crippen molar-refractivity contribution >= 4 is 16.6 Å². The molecule has 4 nitrogen and oxygen atoms in total. The van der Waals surface area contributed by atoms with Crippen molar-refractivity contribution < 1.29 is 4.74 Å². The summed E-state index contributed by atoms with van der Waals surface area (Å²) >= 11 is 0. The Morgan fingerprint density at radius 2 is 2.13 bits per heavy atom. The number of hydrogen-bond acceptors (Lipinski definition) is 3. The molecule has 0 amide bonds. The third-order valence-electron chi connectivity index (χ3n) is 2.81. The van der Waals surface area contributed by atoms with Crippen LogP contribution in [-0.4, -0.2) is 36.5 Å². The maximum Gasteiger partial charge on any atom is 0.0671 e. The molecule has 0 aliphatic carbocycles. The Morgan fingerprint density at radius 3 is 3.00 bits per heavy atom. The van der Waals surface area contributed by atoms with Crippen molar-refractivity contribution in [1.82, 2.24) is 10.2 Å². The first kappa shape index (κ1) is 8.73. The molecule has 0 atom stereocenters. The number of rotatable bonds is 1. The van der Waals surface area contributed by atoms with Crippen molar-refractivity contribution in [1.29, 1.82) is 0 Å². The first-order valence-corrected chi connectivity index (χ1v) is 5.20. The number of aromatic amines is 1. The van der Waals surface area contributed by atoms with Crippen molar-refractivity contribution in [2.45, 2.75) is 0 Å². The van der Waals surface area contributed by atoms with Gasteiger partial charge in [-0.25, -0.2) is 0 Å². The Morgan fingerprint density at radius 1 is 1.27 bits per heavy atom. The molecule has 1 fully saturated rings. The SMILES string of the molecule is c1cc(N2CCOCC2)c2cn[nH]c2c1. The van der Waals surface area contributed by atoms with Crippen LogP contribution in [0.5, 0.6) is 0 Å². The fourth-order valence-electron chi connectivity index (χ4n) is 2.03. The molecule has 78 valence electrons. The monoisotopic (exact) mass is 203 g/mol. The van der Waals surface area contributed by atoms with Crippen LogP contribution < -0.4 is 4.90 Å². The maximum absolute atomic E-state index is 5.35. The molecule has 15 heavy (non-hydrogen) atoms. The molecular weight excluding hydrogens is 190 g/mol. The van der Waals surface area contributed by atoms with Gasteiger partial charge in [-0.05, 0) is 12.1 Å². The highest BCUT2D eigenvalue weighted by molar-refractivity contribution is 5.91. The number of aromatic nitrogens is 2. The molecule has 1 aromatic heterocycles. The summed E-state index contributed by atoms with van der Waals surface area (Å²) in [6.07, 6.45) is 1.89. The number of morpholine rings is 1. The molecule has 0 spiro atoms. The van der Waals surface area contributed by atoms with E-state index in [1.54, 1.807) is 0 Å². The largest absolute Gasteiger partial charge is 0.378 e. The van der Waals surface area contributed by atoms with Crippen molar-refractivity contribution in [3.05, 3.63) is 24.4 Å². The van der Waals surface area contributed by atoms with E-state index in [2.05, 4.69) is 27.2 Å². The molecule has 3 rings (SSSR count). The maximum atomic E-state index is 5.35. The molecule has 1 N–H and O–H groups in total. The van der Waals surface area contributed by atoms with Crippen LogP contribution in [0, 0.1) is 0 Å². The number of hydrogen-bond donors (Lipinski definition) is 1. The highest BCUT2D eigenvalue weighted by atomic mass is 16.5. The fourth-order valence-corrected chi connectivity index (χ4v) is 2.03. The summed E-state index contributed by atoms with van der Waals surface area (Å²) in [5.41, 5.74) is 2.35. The summed E-state index contributed by atoms with van der Waals surface area (Å²) in [6, 6.07) is 6.25. The first-order valence-electron chi connectivity index (χ1n) is 5.20. The number of ether oxygens (including phenoxy) is 1. The Balaban J connectivity index is 2.05. The van der Waals surface area contributed by atoms with Gasteiger partial charge >= 0.3 is 0 Å². The molecule has 1 aliphatic rings. The molecule has 0 unspecified atom stereocenters. The quantitative estimate of drug-likeness (QED) is 0.761. The molecule has 2 aromatic rings. The Labute approximate surface area is 87.8 Å². The lowest BCUT2D eigenvalue weighted by atomic mass is 10.2. The molecular formula is C11H13N3O. The van der Waals surface area contributed by atoms with Gasteiger partial charge in [0.25, 0.3) is 0 Å². The van der Waals surface area contributed by atoms with Gasteiger partial charge in [-0.15, -0.1) is 0 Å². The number of fused-ring (bicyclic) bond motifs is 1. The minimum atomic E-state index is 0.814. The van der Waals surface area contributed by atoms with E-state index in [4.69, 9.17) is 4.74 Å². The summed E-state index contributed by atoms with van der Waals surface area (Å²) in [6.45, 7) is 3.55. The highest BCUT2D eigenvalue weighted by Gasteiger charge is 2.13. The van der Waals surface area contributed by atoms with Gasteiger partial charge in [-0.2, -0.15) is 5.10 Å². The minimum absolute atomic E-state index is 0.814. The second-order valence-corrected chi connectivity index (χ2v) is 3.71. The number of anilines is 1. The lowest BCUT2D eigenvalue weighted by Gasteiger charge is -2.29. The normalized spacial score (nSPS) is 17.2. The molecule has 4 heteroatoms. The van der Waals surface area contributed by atoms with Crippen LogP contribution in [0.3, 0.4) is 0 Å². The van der Waals surface area contributed by atoms with E-state index in [1.165, 1.54) is 11.1 Å². The van der Waals surface area contributed by atoms with Gasteiger partial charge in [0.05, 0.1) is 24.9 Å². The van der Waals surface area contributed by atoms with Crippen LogP contribution in [0.25, 0.3) is 10.9 Å². The van der Waals surface area contributed by atoms with Gasteiger partial charge in [-0.3, -0.25) is 5.10 Å². The standard InChI is InChI=1S/C11H13N3O/c1-2-10-9(8-12-13-10)11(3-1)14-4-6-15-7-5-14/h1-3,8H,4-7H2,(H,12,13). The highest BCUT2D eigenvalue weighted by Crippen LogP contribution is 2.25. The van der Waals surface area contributed by atoms with E-state index in [9.17, 15) is 0 Å². The van der Waals surface area contributed by atoms with Crippen molar-refractivity contribution in [3.8, 4) is 0 Å². The zero-order chi connectivity index (χ0) is 10.1. The molecule has 1 aliphatic heterocycles. The average Bonchev–Trinajstić information content (AvgIpc) is 2.78. The van der Waals surface area contributed by atoms with Crippen molar-refractivity contribution in [2.24, 2.45) is 0 Å². The Hall–Kier alpha value is -1.55. The Bertz CT molecular complexity index is 460. The van der Waals surface area contributed by atoms with Gasteiger partial charge in [0.15, 0.2) is 0 Å². The van der Waals surface area contributed by atoms with Crippen LogP contribution >= 0.6 is 0 Å². The van der Waals surface area contributed by atoms with E-state index >= 15 is 0 Å². The molecule has 1 aromatic carbocycles. The van der Waals surface area contributed by atoms with Crippen LogP contribution in [0.1, 0.15) is 0 Å². The van der Waals surface area contributed by atoms with Gasteiger partial charge in [0.1, 0.15) is 0 Å². The fraction of sp³-hybridized carbons (Fsp3) is 0.364. The predicted octanol–water partition coefficient (Wildman–Crippen LogP) is 1.40. The second-order valence-electron chi connectivity index (χ2n) is 3.71.